The Morgan fingerprint density at radius 1 is 1.26 bits per heavy atom. The second-order valence-corrected chi connectivity index (χ2v) is 5.06. The zero-order valence-electron chi connectivity index (χ0n) is 11.3. The third-order valence-corrected chi connectivity index (χ3v) is 2.80. The Bertz CT molecular complexity index is 475. The van der Waals surface area contributed by atoms with E-state index >= 15 is 0 Å². The van der Waals surface area contributed by atoms with E-state index in [0.717, 1.165) is 12.1 Å². The minimum absolute atomic E-state index is 0.461. The predicted molar refractivity (Wildman–Crippen MR) is 75.5 cm³/mol. The Kier molecular flexibility index (Phi) is 5.79. The number of rotatable bonds is 4. The van der Waals surface area contributed by atoms with Crippen molar-refractivity contribution in [3.05, 3.63) is 28.8 Å². The molecule has 0 aliphatic carbocycles. The van der Waals surface area contributed by atoms with Crippen LogP contribution in [0.1, 0.15) is 5.56 Å². The van der Waals surface area contributed by atoms with Crippen LogP contribution in [-0.4, -0.2) is 39.0 Å². The van der Waals surface area contributed by atoms with Crippen LogP contribution in [0.5, 0.6) is 0 Å². The Morgan fingerprint density at radius 2 is 1.95 bits per heavy atom. The van der Waals surface area contributed by atoms with Gasteiger partial charge >= 0.3 is 11.8 Å². The maximum atomic E-state index is 11.7. The molecule has 1 aromatic rings. The van der Waals surface area contributed by atoms with Crippen LogP contribution in [0, 0.1) is 6.92 Å². The number of likely N-dealkylation sites (N-methyl/N-ethyl adjacent to an activating group) is 1. The molecule has 0 saturated carbocycles. The van der Waals surface area contributed by atoms with Crippen molar-refractivity contribution in [3.8, 4) is 0 Å². The molecular weight excluding hydrogens is 266 g/mol. The molecule has 0 aliphatic rings. The number of amides is 2. The molecule has 0 aromatic heterocycles. The molecule has 1 rings (SSSR count). The van der Waals surface area contributed by atoms with Crippen molar-refractivity contribution in [2.75, 3.05) is 32.5 Å². The number of benzene rings is 1. The zero-order chi connectivity index (χ0) is 14.4. The number of aryl methyl sites for hydroxylation is 1. The largest absolute Gasteiger partial charge is 0.342 e. The Balaban J connectivity index is 2.54. The first-order valence-corrected chi connectivity index (χ1v) is 6.42. The van der Waals surface area contributed by atoms with E-state index in [0.29, 0.717) is 17.3 Å². The maximum Gasteiger partial charge on any atom is 0.313 e. The van der Waals surface area contributed by atoms with E-state index in [1.54, 1.807) is 18.2 Å². The molecule has 0 spiro atoms. The Morgan fingerprint density at radius 3 is 2.58 bits per heavy atom. The summed E-state index contributed by atoms with van der Waals surface area (Å²) in [5, 5.41) is 5.62. The minimum Gasteiger partial charge on any atom is -0.342 e. The van der Waals surface area contributed by atoms with Gasteiger partial charge in [0.1, 0.15) is 0 Å². The molecule has 2 amide bonds. The van der Waals surface area contributed by atoms with Crippen molar-refractivity contribution in [1.82, 2.24) is 5.32 Å². The first-order valence-electron chi connectivity index (χ1n) is 6.04. The molecule has 0 saturated heterocycles. The lowest BCUT2D eigenvalue weighted by molar-refractivity contribution is -0.856. The topological polar surface area (TPSA) is 62.6 Å². The summed E-state index contributed by atoms with van der Waals surface area (Å²) in [4.78, 5) is 24.4. The van der Waals surface area contributed by atoms with Crippen molar-refractivity contribution in [1.29, 1.82) is 0 Å². The lowest BCUT2D eigenvalue weighted by Gasteiger charge is -2.10. The molecule has 0 heterocycles. The highest BCUT2D eigenvalue weighted by Gasteiger charge is 2.14. The van der Waals surface area contributed by atoms with Gasteiger partial charge in [-0.1, -0.05) is 17.7 Å². The normalized spacial score (nSPS) is 10.4. The fraction of sp³-hybridized carbons (Fsp3) is 0.385. The number of nitrogens with one attached hydrogen (secondary N) is 3. The van der Waals surface area contributed by atoms with Gasteiger partial charge in [-0.25, -0.2) is 0 Å². The number of quaternary nitrogens is 1. The summed E-state index contributed by atoms with van der Waals surface area (Å²) >= 11 is 5.84. The zero-order valence-corrected chi connectivity index (χ0v) is 12.1. The van der Waals surface area contributed by atoms with E-state index in [4.69, 9.17) is 11.6 Å². The highest BCUT2D eigenvalue weighted by molar-refractivity contribution is 6.40. The number of carbonyl (C=O) groups excluding carboxylic acids is 2. The average Bonchev–Trinajstić information content (AvgIpc) is 2.33. The quantitative estimate of drug-likeness (QED) is 0.673. The molecule has 0 bridgehead atoms. The second-order valence-electron chi connectivity index (χ2n) is 4.63. The van der Waals surface area contributed by atoms with E-state index in [1.165, 1.54) is 4.90 Å². The van der Waals surface area contributed by atoms with Gasteiger partial charge in [-0.3, -0.25) is 9.59 Å². The molecule has 0 atom stereocenters. The van der Waals surface area contributed by atoms with E-state index in [-0.39, 0.29) is 0 Å². The van der Waals surface area contributed by atoms with Crippen LogP contribution >= 0.6 is 11.6 Å². The fourth-order valence-corrected chi connectivity index (χ4v) is 1.59. The van der Waals surface area contributed by atoms with Crippen molar-refractivity contribution in [2.45, 2.75) is 6.92 Å². The van der Waals surface area contributed by atoms with Crippen LogP contribution in [-0.2, 0) is 9.59 Å². The van der Waals surface area contributed by atoms with Gasteiger partial charge in [0, 0.05) is 10.7 Å². The molecular formula is C13H19ClN3O2+. The van der Waals surface area contributed by atoms with Crippen LogP contribution in [0.25, 0.3) is 0 Å². The number of hydrogen-bond acceptors (Lipinski definition) is 2. The lowest BCUT2D eigenvalue weighted by atomic mass is 10.2. The monoisotopic (exact) mass is 284 g/mol. The molecule has 0 aliphatic heterocycles. The molecule has 0 fully saturated rings. The fourth-order valence-electron chi connectivity index (χ4n) is 1.41. The van der Waals surface area contributed by atoms with Crippen LogP contribution in [0.3, 0.4) is 0 Å². The van der Waals surface area contributed by atoms with Crippen LogP contribution in [0.2, 0.25) is 5.02 Å². The molecule has 1 aromatic carbocycles. The number of anilines is 1. The molecule has 0 radical (unpaired) electrons. The Labute approximate surface area is 117 Å². The molecule has 0 unspecified atom stereocenters. The summed E-state index contributed by atoms with van der Waals surface area (Å²) in [5.41, 5.74) is 1.40. The van der Waals surface area contributed by atoms with Gasteiger partial charge < -0.3 is 15.5 Å². The van der Waals surface area contributed by atoms with Crippen LogP contribution < -0.4 is 15.5 Å². The Hall–Kier alpha value is -1.59. The van der Waals surface area contributed by atoms with Crippen molar-refractivity contribution in [3.63, 3.8) is 0 Å². The van der Waals surface area contributed by atoms with Gasteiger partial charge in [0.05, 0.1) is 27.2 Å². The first-order chi connectivity index (χ1) is 8.90. The average molecular weight is 285 g/mol. The van der Waals surface area contributed by atoms with E-state index < -0.39 is 11.8 Å². The molecule has 5 nitrogen and oxygen atoms in total. The summed E-state index contributed by atoms with van der Waals surface area (Å²) in [5.74, 6) is -1.32. The van der Waals surface area contributed by atoms with E-state index in [1.807, 2.05) is 21.0 Å². The molecule has 3 N–H and O–H groups in total. The van der Waals surface area contributed by atoms with Gasteiger partial charge in [-0.05, 0) is 24.6 Å². The predicted octanol–water partition coefficient (Wildman–Crippen LogP) is -0.152. The smallest absolute Gasteiger partial charge is 0.313 e. The molecule has 6 heteroatoms. The van der Waals surface area contributed by atoms with Gasteiger partial charge in [0.2, 0.25) is 0 Å². The SMILES string of the molecule is Cc1ccc(Cl)cc1NC(=O)C(=O)NCC[NH+](C)C. The highest BCUT2D eigenvalue weighted by Crippen LogP contribution is 2.19. The third-order valence-electron chi connectivity index (χ3n) is 2.56. The van der Waals surface area contributed by atoms with Gasteiger partial charge in [0.15, 0.2) is 0 Å². The van der Waals surface area contributed by atoms with Gasteiger partial charge in [-0.2, -0.15) is 0 Å². The van der Waals surface area contributed by atoms with E-state index in [9.17, 15) is 9.59 Å². The van der Waals surface area contributed by atoms with Crippen LogP contribution in [0.15, 0.2) is 18.2 Å². The lowest BCUT2D eigenvalue weighted by Crippen LogP contribution is -3.06. The maximum absolute atomic E-state index is 11.7. The highest BCUT2D eigenvalue weighted by atomic mass is 35.5. The summed E-state index contributed by atoms with van der Waals surface area (Å²) in [6, 6.07) is 5.13. The summed E-state index contributed by atoms with van der Waals surface area (Å²) < 4.78 is 0. The van der Waals surface area contributed by atoms with Crippen molar-refractivity contribution in [2.24, 2.45) is 0 Å². The minimum atomic E-state index is -0.681. The number of halogens is 1. The summed E-state index contributed by atoms with van der Waals surface area (Å²) in [6.07, 6.45) is 0. The molecule has 19 heavy (non-hydrogen) atoms. The van der Waals surface area contributed by atoms with Gasteiger partial charge in [-0.15, -0.1) is 0 Å². The van der Waals surface area contributed by atoms with Crippen LogP contribution in [0.4, 0.5) is 5.69 Å². The summed E-state index contributed by atoms with van der Waals surface area (Å²) in [6.45, 7) is 3.05. The second kappa shape index (κ2) is 7.11. The summed E-state index contributed by atoms with van der Waals surface area (Å²) in [7, 11) is 3.95. The number of hydrogen-bond donors (Lipinski definition) is 3. The molecule has 104 valence electrons. The third kappa shape index (κ3) is 5.28. The number of carbonyl (C=O) groups is 2. The van der Waals surface area contributed by atoms with E-state index in [2.05, 4.69) is 10.6 Å². The first kappa shape index (κ1) is 15.5. The van der Waals surface area contributed by atoms with Crippen molar-refractivity contribution < 1.29 is 14.5 Å². The van der Waals surface area contributed by atoms with Gasteiger partial charge in [0.25, 0.3) is 0 Å². The standard InChI is InChI=1S/C13H18ClN3O2/c1-9-4-5-10(14)8-11(9)16-13(19)12(18)15-6-7-17(2)3/h4-5,8H,6-7H2,1-3H3,(H,15,18)(H,16,19)/p+1. The van der Waals surface area contributed by atoms with Crippen molar-refractivity contribution >= 4 is 29.1 Å².